The second-order valence-electron chi connectivity index (χ2n) is 4.55. The molecule has 0 aliphatic rings. The molecule has 3 rings (SSSR count). The van der Waals surface area contributed by atoms with Crippen molar-refractivity contribution in [1.29, 1.82) is 0 Å². The van der Waals surface area contributed by atoms with Crippen molar-refractivity contribution in [2.75, 3.05) is 12.4 Å². The molecule has 20 heavy (non-hydrogen) atoms. The Bertz CT molecular complexity index is 744. The van der Waals surface area contributed by atoms with Crippen molar-refractivity contribution in [1.82, 2.24) is 19.7 Å². The molecule has 0 atom stereocenters. The standard InChI is InChI=1S/C14H15N5S/c1-9-4-5-20-13(9)14-17-11(6-12(15-2)18-14)10-7-16-19(3)8-10/h4-8H,1-3H3,(H,15,17,18). The van der Waals surface area contributed by atoms with Crippen LogP contribution in [0.1, 0.15) is 5.56 Å². The molecule has 0 radical (unpaired) electrons. The zero-order valence-corrected chi connectivity index (χ0v) is 12.4. The number of nitrogens with one attached hydrogen (secondary N) is 1. The van der Waals surface area contributed by atoms with Gasteiger partial charge in [-0.05, 0) is 23.9 Å². The van der Waals surface area contributed by atoms with E-state index in [1.807, 2.05) is 32.6 Å². The topological polar surface area (TPSA) is 55.6 Å². The van der Waals surface area contributed by atoms with Gasteiger partial charge < -0.3 is 5.32 Å². The van der Waals surface area contributed by atoms with E-state index in [1.165, 1.54) is 5.56 Å². The van der Waals surface area contributed by atoms with Crippen molar-refractivity contribution in [3.05, 3.63) is 35.5 Å². The van der Waals surface area contributed by atoms with E-state index in [9.17, 15) is 0 Å². The summed E-state index contributed by atoms with van der Waals surface area (Å²) in [6.07, 6.45) is 3.76. The monoisotopic (exact) mass is 285 g/mol. The normalized spacial score (nSPS) is 10.8. The molecule has 102 valence electrons. The van der Waals surface area contributed by atoms with Gasteiger partial charge in [0.05, 0.1) is 16.8 Å². The zero-order valence-electron chi connectivity index (χ0n) is 11.6. The quantitative estimate of drug-likeness (QED) is 0.804. The maximum absolute atomic E-state index is 4.67. The lowest BCUT2D eigenvalue weighted by atomic mass is 10.2. The Labute approximate surface area is 121 Å². The van der Waals surface area contributed by atoms with Gasteiger partial charge >= 0.3 is 0 Å². The van der Waals surface area contributed by atoms with Crippen molar-refractivity contribution in [3.63, 3.8) is 0 Å². The molecule has 3 aromatic heterocycles. The smallest absolute Gasteiger partial charge is 0.172 e. The Kier molecular flexibility index (Phi) is 3.23. The van der Waals surface area contributed by atoms with Gasteiger partial charge in [0.2, 0.25) is 0 Å². The molecule has 0 aliphatic carbocycles. The first-order chi connectivity index (χ1) is 9.67. The summed E-state index contributed by atoms with van der Waals surface area (Å²) < 4.78 is 1.77. The van der Waals surface area contributed by atoms with Gasteiger partial charge in [-0.2, -0.15) is 5.10 Å². The average molecular weight is 285 g/mol. The largest absolute Gasteiger partial charge is 0.373 e. The number of hydrogen-bond donors (Lipinski definition) is 1. The molecule has 0 amide bonds. The van der Waals surface area contributed by atoms with E-state index in [0.717, 1.165) is 27.8 Å². The summed E-state index contributed by atoms with van der Waals surface area (Å²) >= 11 is 1.66. The van der Waals surface area contributed by atoms with Crippen molar-refractivity contribution < 1.29 is 0 Å². The maximum Gasteiger partial charge on any atom is 0.172 e. The number of anilines is 1. The van der Waals surface area contributed by atoms with Crippen LogP contribution in [0.5, 0.6) is 0 Å². The lowest BCUT2D eigenvalue weighted by Crippen LogP contribution is -1.98. The molecule has 0 spiro atoms. The minimum atomic E-state index is 0.753. The molecule has 0 fully saturated rings. The van der Waals surface area contributed by atoms with Gasteiger partial charge in [0.15, 0.2) is 5.82 Å². The molecule has 3 aromatic rings. The van der Waals surface area contributed by atoms with Crippen LogP contribution >= 0.6 is 11.3 Å². The highest BCUT2D eigenvalue weighted by molar-refractivity contribution is 7.13. The maximum atomic E-state index is 4.67. The number of aryl methyl sites for hydroxylation is 2. The molecular weight excluding hydrogens is 270 g/mol. The van der Waals surface area contributed by atoms with E-state index in [2.05, 4.69) is 38.8 Å². The lowest BCUT2D eigenvalue weighted by Gasteiger charge is -2.06. The molecule has 3 heterocycles. The van der Waals surface area contributed by atoms with Crippen LogP contribution in [0.25, 0.3) is 22.0 Å². The van der Waals surface area contributed by atoms with Crippen LogP contribution in [0, 0.1) is 6.92 Å². The van der Waals surface area contributed by atoms with Crippen molar-refractivity contribution >= 4 is 17.2 Å². The number of nitrogens with zero attached hydrogens (tertiary/aromatic N) is 4. The van der Waals surface area contributed by atoms with Gasteiger partial charge in [0.1, 0.15) is 5.82 Å². The molecule has 0 unspecified atom stereocenters. The third kappa shape index (κ3) is 2.30. The van der Waals surface area contributed by atoms with E-state index in [0.29, 0.717) is 0 Å². The summed E-state index contributed by atoms with van der Waals surface area (Å²) in [5.41, 5.74) is 3.06. The summed E-state index contributed by atoms with van der Waals surface area (Å²) in [6.45, 7) is 2.07. The number of rotatable bonds is 3. The summed E-state index contributed by atoms with van der Waals surface area (Å²) in [4.78, 5) is 10.3. The first-order valence-electron chi connectivity index (χ1n) is 6.27. The molecule has 0 aliphatic heterocycles. The second kappa shape index (κ2) is 5.05. The van der Waals surface area contributed by atoms with Crippen LogP contribution in [-0.2, 0) is 7.05 Å². The van der Waals surface area contributed by atoms with Crippen LogP contribution < -0.4 is 5.32 Å². The summed E-state index contributed by atoms with van der Waals surface area (Å²) in [5.74, 6) is 1.56. The van der Waals surface area contributed by atoms with Crippen LogP contribution in [0.15, 0.2) is 29.9 Å². The summed E-state index contributed by atoms with van der Waals surface area (Å²) in [5, 5.41) is 9.35. The third-order valence-electron chi connectivity index (χ3n) is 3.05. The van der Waals surface area contributed by atoms with Crippen LogP contribution in [0.2, 0.25) is 0 Å². The van der Waals surface area contributed by atoms with Crippen molar-refractivity contribution in [2.24, 2.45) is 7.05 Å². The SMILES string of the molecule is CNc1cc(-c2cnn(C)c2)nc(-c2sccc2C)n1. The van der Waals surface area contributed by atoms with Crippen molar-refractivity contribution in [3.8, 4) is 22.0 Å². The van der Waals surface area contributed by atoms with Crippen LogP contribution in [0.4, 0.5) is 5.82 Å². The van der Waals surface area contributed by atoms with E-state index in [1.54, 1.807) is 16.0 Å². The Morgan fingerprint density at radius 3 is 2.75 bits per heavy atom. The predicted molar refractivity (Wildman–Crippen MR) is 81.8 cm³/mol. The lowest BCUT2D eigenvalue weighted by molar-refractivity contribution is 0.768. The molecule has 0 saturated heterocycles. The average Bonchev–Trinajstić information content (AvgIpc) is 3.07. The number of thiophene rings is 1. The van der Waals surface area contributed by atoms with Gasteiger partial charge in [-0.3, -0.25) is 4.68 Å². The predicted octanol–water partition coefficient (Wildman–Crippen LogP) is 2.96. The van der Waals surface area contributed by atoms with E-state index < -0.39 is 0 Å². The van der Waals surface area contributed by atoms with E-state index in [-0.39, 0.29) is 0 Å². The number of hydrogen-bond acceptors (Lipinski definition) is 5. The highest BCUT2D eigenvalue weighted by Gasteiger charge is 2.12. The highest BCUT2D eigenvalue weighted by atomic mass is 32.1. The summed E-state index contributed by atoms with van der Waals surface area (Å²) in [7, 11) is 3.76. The fourth-order valence-electron chi connectivity index (χ4n) is 1.98. The van der Waals surface area contributed by atoms with Crippen LogP contribution in [0.3, 0.4) is 0 Å². The van der Waals surface area contributed by atoms with Gasteiger partial charge in [-0.1, -0.05) is 0 Å². The minimum Gasteiger partial charge on any atom is -0.373 e. The zero-order chi connectivity index (χ0) is 14.1. The Balaban J connectivity index is 2.15. The van der Waals surface area contributed by atoms with E-state index >= 15 is 0 Å². The Morgan fingerprint density at radius 1 is 1.30 bits per heavy atom. The molecule has 5 nitrogen and oxygen atoms in total. The minimum absolute atomic E-state index is 0.753. The Morgan fingerprint density at radius 2 is 2.15 bits per heavy atom. The summed E-state index contributed by atoms with van der Waals surface area (Å²) in [6, 6.07) is 4.02. The molecular formula is C14H15N5S. The molecule has 1 N–H and O–H groups in total. The highest BCUT2D eigenvalue weighted by Crippen LogP contribution is 2.29. The van der Waals surface area contributed by atoms with Gasteiger partial charge in [-0.15, -0.1) is 11.3 Å². The van der Waals surface area contributed by atoms with Gasteiger partial charge in [-0.25, -0.2) is 9.97 Å². The molecule has 6 heteroatoms. The fourth-order valence-corrected chi connectivity index (χ4v) is 2.84. The third-order valence-corrected chi connectivity index (χ3v) is 4.06. The van der Waals surface area contributed by atoms with Crippen molar-refractivity contribution in [2.45, 2.75) is 6.92 Å². The molecule has 0 saturated carbocycles. The molecule has 0 bridgehead atoms. The second-order valence-corrected chi connectivity index (χ2v) is 5.46. The first kappa shape index (κ1) is 12.8. The molecule has 0 aromatic carbocycles. The van der Waals surface area contributed by atoms with Gasteiger partial charge in [0, 0.05) is 31.9 Å². The Hall–Kier alpha value is -2.21. The van der Waals surface area contributed by atoms with Gasteiger partial charge in [0.25, 0.3) is 0 Å². The number of aromatic nitrogens is 4. The van der Waals surface area contributed by atoms with E-state index in [4.69, 9.17) is 0 Å². The first-order valence-corrected chi connectivity index (χ1v) is 7.15. The van der Waals surface area contributed by atoms with Crippen LogP contribution in [-0.4, -0.2) is 26.8 Å². The fraction of sp³-hybridized carbons (Fsp3) is 0.214.